The first-order chi connectivity index (χ1) is 12.8. The van der Waals surface area contributed by atoms with Gasteiger partial charge in [0.15, 0.2) is 0 Å². The molecule has 2 atom stereocenters. The van der Waals surface area contributed by atoms with Crippen LogP contribution in [0.1, 0.15) is 35.3 Å². The quantitative estimate of drug-likeness (QED) is 0.704. The first-order valence-corrected chi connectivity index (χ1v) is 9.39. The lowest BCUT2D eigenvalue weighted by Crippen LogP contribution is -2.62. The molecule has 144 valence electrons. The van der Waals surface area contributed by atoms with Crippen molar-refractivity contribution >= 4 is 22.7 Å². The zero-order chi connectivity index (χ0) is 19.3. The Labute approximate surface area is 157 Å². The number of nitrogens with zero attached hydrogens (tertiary/aromatic N) is 2. The van der Waals surface area contributed by atoms with Gasteiger partial charge in [-0.25, -0.2) is 0 Å². The Balaban J connectivity index is 1.73. The van der Waals surface area contributed by atoms with E-state index in [2.05, 4.69) is 5.32 Å². The summed E-state index contributed by atoms with van der Waals surface area (Å²) >= 11 is 0. The Bertz CT molecular complexity index is 935. The van der Waals surface area contributed by atoms with Crippen molar-refractivity contribution in [3.63, 3.8) is 0 Å². The number of aliphatic hydroxyl groups excluding tert-OH is 1. The fourth-order valence-electron chi connectivity index (χ4n) is 4.60. The smallest absolute Gasteiger partial charge is 0.256 e. The van der Waals surface area contributed by atoms with E-state index in [9.17, 15) is 19.8 Å². The van der Waals surface area contributed by atoms with Crippen LogP contribution < -0.4 is 5.32 Å². The minimum atomic E-state index is -0.924. The van der Waals surface area contributed by atoms with E-state index in [0.29, 0.717) is 36.9 Å². The zero-order valence-electron chi connectivity index (χ0n) is 15.7. The van der Waals surface area contributed by atoms with Crippen LogP contribution in [0, 0.1) is 12.3 Å². The van der Waals surface area contributed by atoms with Crippen LogP contribution in [0.25, 0.3) is 10.9 Å². The largest absolute Gasteiger partial charge is 0.508 e. The number of likely N-dealkylation sites (tertiary alicyclic amines) is 1. The van der Waals surface area contributed by atoms with E-state index in [-0.39, 0.29) is 24.1 Å². The summed E-state index contributed by atoms with van der Waals surface area (Å²) in [5.41, 5.74) is 1.31. The van der Waals surface area contributed by atoms with E-state index in [0.717, 1.165) is 17.6 Å². The van der Waals surface area contributed by atoms with Gasteiger partial charge in [-0.1, -0.05) is 0 Å². The molecule has 7 heteroatoms. The Hall–Kier alpha value is -2.54. The van der Waals surface area contributed by atoms with Crippen molar-refractivity contribution in [3.8, 4) is 5.75 Å². The summed E-state index contributed by atoms with van der Waals surface area (Å²) in [5.74, 6) is -0.210. The third kappa shape index (κ3) is 2.60. The fraction of sp³-hybridized carbons (Fsp3) is 0.500. The Morgan fingerprint density at radius 3 is 2.89 bits per heavy atom. The number of fused-ring (bicyclic) bond motifs is 1. The number of carbonyl (C=O) groups is 2. The lowest BCUT2D eigenvalue weighted by atomic mass is 9.71. The maximum absolute atomic E-state index is 13.4. The number of benzene rings is 1. The van der Waals surface area contributed by atoms with Gasteiger partial charge >= 0.3 is 0 Å². The van der Waals surface area contributed by atoms with Crippen LogP contribution >= 0.6 is 0 Å². The van der Waals surface area contributed by atoms with Crippen molar-refractivity contribution in [1.82, 2.24) is 14.8 Å². The van der Waals surface area contributed by atoms with Crippen LogP contribution in [0.5, 0.6) is 5.75 Å². The van der Waals surface area contributed by atoms with E-state index in [1.807, 2.05) is 18.5 Å². The number of hydrogen-bond donors (Lipinski definition) is 3. The van der Waals surface area contributed by atoms with E-state index in [4.69, 9.17) is 0 Å². The molecule has 2 saturated heterocycles. The predicted octanol–water partition coefficient (Wildman–Crippen LogP) is 1.30. The molecule has 0 bridgehead atoms. The van der Waals surface area contributed by atoms with Gasteiger partial charge in [0.05, 0.1) is 17.1 Å². The third-order valence-corrected chi connectivity index (χ3v) is 6.30. The van der Waals surface area contributed by atoms with Gasteiger partial charge in [0.1, 0.15) is 5.75 Å². The second-order valence-electron chi connectivity index (χ2n) is 7.77. The molecular weight excluding hydrogens is 346 g/mol. The molecule has 0 aliphatic carbocycles. The predicted molar refractivity (Wildman–Crippen MR) is 101 cm³/mol. The minimum absolute atomic E-state index is 0.111. The summed E-state index contributed by atoms with van der Waals surface area (Å²) in [5, 5.41) is 24.0. The number of aryl methyl sites for hydroxylation is 1. The summed E-state index contributed by atoms with van der Waals surface area (Å²) in [6, 6.07) is 5.01. The average Bonchev–Trinajstić information content (AvgIpc) is 2.89. The van der Waals surface area contributed by atoms with Crippen LogP contribution in [-0.2, 0) is 11.8 Å². The molecule has 1 spiro atoms. The SMILES string of the molecule is Cc1c(C(=O)N2CC[C@@H](O)[C@@]3(CCCNC3=O)C2)c2cc(O)ccc2n1C. The number of aromatic nitrogens is 1. The standard InChI is InChI=1S/C20H25N3O4/c1-12-17(14-10-13(24)4-5-15(14)22(12)2)18(26)23-9-6-16(25)20(11-23)7-3-8-21-19(20)27/h4-5,10,16,24-25H,3,6-9,11H2,1-2H3,(H,21,27)/t16-,20-/m1/s1. The lowest BCUT2D eigenvalue weighted by Gasteiger charge is -2.46. The Morgan fingerprint density at radius 2 is 2.15 bits per heavy atom. The number of amides is 2. The fourth-order valence-corrected chi connectivity index (χ4v) is 4.60. The molecule has 1 aromatic heterocycles. The normalized spacial score (nSPS) is 25.8. The van der Waals surface area contributed by atoms with E-state index >= 15 is 0 Å². The summed E-state index contributed by atoms with van der Waals surface area (Å²) in [6.45, 7) is 3.12. The molecule has 3 heterocycles. The molecule has 27 heavy (non-hydrogen) atoms. The number of aliphatic hydroxyl groups is 1. The van der Waals surface area contributed by atoms with E-state index < -0.39 is 11.5 Å². The summed E-state index contributed by atoms with van der Waals surface area (Å²) in [4.78, 5) is 27.7. The van der Waals surface area contributed by atoms with Crippen LogP contribution in [0.2, 0.25) is 0 Å². The van der Waals surface area contributed by atoms with Gasteiger partial charge < -0.3 is 25.0 Å². The van der Waals surface area contributed by atoms with Gasteiger partial charge in [0.2, 0.25) is 5.91 Å². The lowest BCUT2D eigenvalue weighted by molar-refractivity contribution is -0.147. The monoisotopic (exact) mass is 371 g/mol. The van der Waals surface area contributed by atoms with Crippen molar-refractivity contribution in [1.29, 1.82) is 0 Å². The molecule has 0 unspecified atom stereocenters. The van der Waals surface area contributed by atoms with Gasteiger partial charge in [-0.3, -0.25) is 9.59 Å². The molecule has 2 amide bonds. The summed E-state index contributed by atoms with van der Waals surface area (Å²) in [7, 11) is 1.89. The van der Waals surface area contributed by atoms with Gasteiger partial charge in [-0.2, -0.15) is 0 Å². The number of aromatic hydroxyl groups is 1. The van der Waals surface area contributed by atoms with Crippen LogP contribution in [0.4, 0.5) is 0 Å². The zero-order valence-corrected chi connectivity index (χ0v) is 15.7. The topological polar surface area (TPSA) is 94.8 Å². The molecule has 4 rings (SSSR count). The molecule has 2 aliphatic rings. The van der Waals surface area contributed by atoms with Crippen LogP contribution in [-0.4, -0.2) is 57.2 Å². The molecule has 1 aromatic carbocycles. The van der Waals surface area contributed by atoms with Crippen LogP contribution in [0.3, 0.4) is 0 Å². The number of hydrogen-bond acceptors (Lipinski definition) is 4. The van der Waals surface area contributed by atoms with E-state index in [1.54, 1.807) is 23.1 Å². The van der Waals surface area contributed by atoms with Crippen molar-refractivity contribution in [2.75, 3.05) is 19.6 Å². The number of nitrogens with one attached hydrogen (secondary N) is 1. The molecule has 2 fully saturated rings. The molecule has 2 aliphatic heterocycles. The maximum Gasteiger partial charge on any atom is 0.256 e. The van der Waals surface area contributed by atoms with Crippen molar-refractivity contribution in [3.05, 3.63) is 29.5 Å². The van der Waals surface area contributed by atoms with Gasteiger partial charge in [0.25, 0.3) is 5.91 Å². The molecule has 0 saturated carbocycles. The number of phenols is 1. The summed E-state index contributed by atoms with van der Waals surface area (Å²) in [6.07, 6.45) is 1.03. The first kappa shape index (κ1) is 17.9. The van der Waals surface area contributed by atoms with Gasteiger partial charge in [-0.15, -0.1) is 0 Å². The van der Waals surface area contributed by atoms with Gasteiger partial charge in [-0.05, 0) is 44.4 Å². The molecule has 0 radical (unpaired) electrons. The second kappa shape index (κ2) is 6.27. The van der Waals surface area contributed by atoms with Crippen molar-refractivity contribution in [2.45, 2.75) is 32.3 Å². The van der Waals surface area contributed by atoms with Crippen molar-refractivity contribution < 1.29 is 19.8 Å². The summed E-state index contributed by atoms with van der Waals surface area (Å²) < 4.78 is 1.93. The molecule has 3 N–H and O–H groups in total. The third-order valence-electron chi connectivity index (χ3n) is 6.30. The highest BCUT2D eigenvalue weighted by molar-refractivity contribution is 6.09. The van der Waals surface area contributed by atoms with Crippen molar-refractivity contribution in [2.24, 2.45) is 12.5 Å². The van der Waals surface area contributed by atoms with Gasteiger partial charge in [0, 0.05) is 43.3 Å². The molecular formula is C20H25N3O4. The first-order valence-electron chi connectivity index (χ1n) is 9.39. The number of rotatable bonds is 1. The Kier molecular flexibility index (Phi) is 4.14. The highest BCUT2D eigenvalue weighted by atomic mass is 16.3. The second-order valence-corrected chi connectivity index (χ2v) is 7.77. The number of piperidine rings is 2. The number of carbonyl (C=O) groups excluding carboxylic acids is 2. The molecule has 7 nitrogen and oxygen atoms in total. The highest BCUT2D eigenvalue weighted by Gasteiger charge is 2.50. The van der Waals surface area contributed by atoms with Crippen LogP contribution in [0.15, 0.2) is 18.2 Å². The Morgan fingerprint density at radius 1 is 1.37 bits per heavy atom. The highest BCUT2D eigenvalue weighted by Crippen LogP contribution is 2.38. The average molecular weight is 371 g/mol. The maximum atomic E-state index is 13.4. The van der Waals surface area contributed by atoms with E-state index in [1.165, 1.54) is 0 Å². The minimum Gasteiger partial charge on any atom is -0.508 e. The molecule has 2 aromatic rings. The number of phenolic OH excluding ortho intramolecular Hbond substituents is 1.